The van der Waals surface area contributed by atoms with Crippen LogP contribution in [0.4, 0.5) is 5.69 Å². The largest absolute Gasteiger partial charge is 0.489 e. The summed E-state index contributed by atoms with van der Waals surface area (Å²) in [5.74, 6) is 0.321. The molecule has 3 rings (SSSR count). The zero-order chi connectivity index (χ0) is 22.4. The molecule has 7 heteroatoms. The number of hydrogen-bond donors (Lipinski definition) is 0. The van der Waals surface area contributed by atoms with Crippen molar-refractivity contribution in [1.29, 1.82) is 0 Å². The second-order valence-electron chi connectivity index (χ2n) is 7.39. The number of hydrogen-bond acceptors (Lipinski definition) is 6. The maximum absolute atomic E-state index is 12.7. The van der Waals surface area contributed by atoms with E-state index in [-0.39, 0.29) is 25.2 Å². The monoisotopic (exact) mass is 422 g/mol. The van der Waals surface area contributed by atoms with E-state index in [1.807, 2.05) is 58.0 Å². The molecular formula is C24H26N2O5. The number of benzene rings is 2. The molecule has 3 aromatic rings. The van der Waals surface area contributed by atoms with Gasteiger partial charge in [-0.25, -0.2) is 4.79 Å². The molecule has 2 aromatic carbocycles. The molecule has 0 spiro atoms. The van der Waals surface area contributed by atoms with Gasteiger partial charge in [-0.2, -0.15) is 0 Å². The van der Waals surface area contributed by atoms with Crippen molar-refractivity contribution in [2.75, 3.05) is 11.5 Å². The highest BCUT2D eigenvalue weighted by Crippen LogP contribution is 2.20. The third-order valence-corrected chi connectivity index (χ3v) is 4.78. The van der Waals surface area contributed by atoms with Crippen LogP contribution in [0.15, 0.2) is 59.1 Å². The molecule has 7 nitrogen and oxygen atoms in total. The van der Waals surface area contributed by atoms with E-state index in [9.17, 15) is 9.59 Å². The van der Waals surface area contributed by atoms with Crippen molar-refractivity contribution < 1.29 is 23.6 Å². The normalized spacial score (nSPS) is 10.7. The lowest BCUT2D eigenvalue weighted by atomic mass is 10.2. The summed E-state index contributed by atoms with van der Waals surface area (Å²) in [6.07, 6.45) is 0. The summed E-state index contributed by atoms with van der Waals surface area (Å²) in [4.78, 5) is 26.8. The first-order valence-electron chi connectivity index (χ1n) is 10.1. The lowest BCUT2D eigenvalue weighted by Crippen LogP contribution is -2.39. The SMILES string of the molecule is Cc1noc(C)c1COc1cccc(C(=O)OCC(=O)N(c2ccccc2)C(C)C)c1. The molecule has 0 bridgehead atoms. The van der Waals surface area contributed by atoms with Crippen LogP contribution in [0.5, 0.6) is 5.75 Å². The minimum atomic E-state index is -0.590. The Balaban J connectivity index is 1.61. The first-order chi connectivity index (χ1) is 14.9. The molecule has 162 valence electrons. The summed E-state index contributed by atoms with van der Waals surface area (Å²) < 4.78 is 16.2. The molecule has 0 atom stereocenters. The van der Waals surface area contributed by atoms with E-state index in [1.54, 1.807) is 29.2 Å². The summed E-state index contributed by atoms with van der Waals surface area (Å²) >= 11 is 0. The van der Waals surface area contributed by atoms with Crippen LogP contribution in [0.2, 0.25) is 0 Å². The fourth-order valence-corrected chi connectivity index (χ4v) is 3.18. The van der Waals surface area contributed by atoms with E-state index >= 15 is 0 Å². The Hall–Kier alpha value is -3.61. The van der Waals surface area contributed by atoms with Crippen molar-refractivity contribution in [1.82, 2.24) is 5.16 Å². The fraction of sp³-hybridized carbons (Fsp3) is 0.292. The third-order valence-electron chi connectivity index (χ3n) is 4.78. The quantitative estimate of drug-likeness (QED) is 0.498. The van der Waals surface area contributed by atoms with E-state index in [1.165, 1.54) is 0 Å². The van der Waals surface area contributed by atoms with Gasteiger partial charge in [0.15, 0.2) is 6.61 Å². The molecule has 31 heavy (non-hydrogen) atoms. The van der Waals surface area contributed by atoms with Crippen molar-refractivity contribution in [3.8, 4) is 5.75 Å². The first kappa shape index (κ1) is 22.1. The van der Waals surface area contributed by atoms with Crippen LogP contribution in [0.3, 0.4) is 0 Å². The topological polar surface area (TPSA) is 81.9 Å². The minimum Gasteiger partial charge on any atom is -0.489 e. The fourth-order valence-electron chi connectivity index (χ4n) is 3.18. The van der Waals surface area contributed by atoms with Gasteiger partial charge in [0, 0.05) is 11.7 Å². The van der Waals surface area contributed by atoms with E-state index < -0.39 is 5.97 Å². The van der Waals surface area contributed by atoms with Crippen LogP contribution < -0.4 is 9.64 Å². The molecule has 1 aromatic heterocycles. The van der Waals surface area contributed by atoms with Gasteiger partial charge in [-0.15, -0.1) is 0 Å². The van der Waals surface area contributed by atoms with E-state index in [0.717, 1.165) is 16.9 Å². The molecule has 0 saturated carbocycles. The maximum atomic E-state index is 12.7. The highest BCUT2D eigenvalue weighted by molar-refractivity contribution is 5.97. The van der Waals surface area contributed by atoms with Gasteiger partial charge in [0.25, 0.3) is 5.91 Å². The highest BCUT2D eigenvalue weighted by atomic mass is 16.5. The predicted molar refractivity (Wildman–Crippen MR) is 116 cm³/mol. The number of aromatic nitrogens is 1. The summed E-state index contributed by atoms with van der Waals surface area (Å²) in [5, 5.41) is 3.90. The molecule has 0 fully saturated rings. The van der Waals surface area contributed by atoms with Crippen molar-refractivity contribution in [2.24, 2.45) is 0 Å². The summed E-state index contributed by atoms with van der Waals surface area (Å²) in [6, 6.07) is 15.9. The van der Waals surface area contributed by atoms with Crippen LogP contribution in [0.1, 0.15) is 41.2 Å². The second-order valence-corrected chi connectivity index (χ2v) is 7.39. The predicted octanol–water partition coefficient (Wildman–Crippen LogP) is 4.47. The molecule has 0 radical (unpaired) electrons. The van der Waals surface area contributed by atoms with Crippen LogP contribution in [0, 0.1) is 13.8 Å². The highest BCUT2D eigenvalue weighted by Gasteiger charge is 2.21. The number of para-hydroxylation sites is 1. The number of ether oxygens (including phenoxy) is 2. The number of amides is 1. The zero-order valence-electron chi connectivity index (χ0n) is 18.1. The number of anilines is 1. The molecule has 0 unspecified atom stereocenters. The van der Waals surface area contributed by atoms with Crippen LogP contribution in [-0.4, -0.2) is 29.7 Å². The molecule has 0 N–H and O–H groups in total. The van der Waals surface area contributed by atoms with Crippen molar-refractivity contribution in [3.63, 3.8) is 0 Å². The Bertz CT molecular complexity index is 1020. The van der Waals surface area contributed by atoms with E-state index in [4.69, 9.17) is 14.0 Å². The molecule has 1 heterocycles. The number of rotatable bonds is 8. The Morgan fingerprint density at radius 2 is 1.81 bits per heavy atom. The number of esters is 1. The first-order valence-corrected chi connectivity index (χ1v) is 10.1. The molecule has 0 aliphatic heterocycles. The molecule has 0 aliphatic carbocycles. The summed E-state index contributed by atoms with van der Waals surface area (Å²) in [7, 11) is 0. The van der Waals surface area contributed by atoms with Crippen LogP contribution in [-0.2, 0) is 16.1 Å². The zero-order valence-corrected chi connectivity index (χ0v) is 18.1. The Labute approximate surface area is 181 Å². The third kappa shape index (κ3) is 5.51. The maximum Gasteiger partial charge on any atom is 0.338 e. The van der Waals surface area contributed by atoms with Crippen LogP contribution in [0.25, 0.3) is 0 Å². The standard InChI is InChI=1S/C24H26N2O5/c1-16(2)26(20-10-6-5-7-11-20)23(27)15-30-24(28)19-9-8-12-21(13-19)29-14-22-17(3)25-31-18(22)4/h5-13,16H,14-15H2,1-4H3. The molecule has 0 saturated heterocycles. The summed E-state index contributed by atoms with van der Waals surface area (Å²) in [5.41, 5.74) is 2.70. The van der Waals surface area contributed by atoms with Gasteiger partial charge in [-0.05, 0) is 58.0 Å². The van der Waals surface area contributed by atoms with Crippen molar-refractivity contribution >= 4 is 17.6 Å². The van der Waals surface area contributed by atoms with Crippen molar-refractivity contribution in [3.05, 3.63) is 77.2 Å². The Morgan fingerprint density at radius 1 is 1.06 bits per heavy atom. The number of aryl methyl sites for hydroxylation is 2. The smallest absolute Gasteiger partial charge is 0.338 e. The number of carbonyl (C=O) groups excluding carboxylic acids is 2. The number of carbonyl (C=O) groups is 2. The van der Waals surface area contributed by atoms with Crippen LogP contribution >= 0.6 is 0 Å². The van der Waals surface area contributed by atoms with Gasteiger partial charge in [0.05, 0.1) is 16.8 Å². The average Bonchev–Trinajstić information content (AvgIpc) is 3.08. The lowest BCUT2D eigenvalue weighted by Gasteiger charge is -2.26. The van der Waals surface area contributed by atoms with E-state index in [0.29, 0.717) is 17.1 Å². The lowest BCUT2D eigenvalue weighted by molar-refractivity contribution is -0.122. The molecule has 0 aliphatic rings. The number of nitrogens with zero attached hydrogens (tertiary/aromatic N) is 2. The van der Waals surface area contributed by atoms with Gasteiger partial charge < -0.3 is 18.9 Å². The Kier molecular flexibility index (Phi) is 7.07. The Morgan fingerprint density at radius 3 is 2.45 bits per heavy atom. The van der Waals surface area contributed by atoms with Gasteiger partial charge in [-0.3, -0.25) is 4.79 Å². The summed E-state index contributed by atoms with van der Waals surface area (Å²) in [6.45, 7) is 7.41. The van der Waals surface area contributed by atoms with Gasteiger partial charge in [0.2, 0.25) is 0 Å². The van der Waals surface area contributed by atoms with Gasteiger partial charge in [-0.1, -0.05) is 29.4 Å². The molecule has 1 amide bonds. The van der Waals surface area contributed by atoms with E-state index in [2.05, 4.69) is 5.16 Å². The van der Waals surface area contributed by atoms with Crippen molar-refractivity contribution in [2.45, 2.75) is 40.3 Å². The average molecular weight is 422 g/mol. The second kappa shape index (κ2) is 9.93. The van der Waals surface area contributed by atoms with Gasteiger partial charge >= 0.3 is 5.97 Å². The van der Waals surface area contributed by atoms with Gasteiger partial charge in [0.1, 0.15) is 18.1 Å². The minimum absolute atomic E-state index is 0.0744. The molecular weight excluding hydrogens is 396 g/mol.